The van der Waals surface area contributed by atoms with Gasteiger partial charge in [-0.3, -0.25) is 0 Å². The molecule has 3 heteroatoms. The Hall–Kier alpha value is -1.06. The molecule has 1 aromatic rings. The Bertz CT molecular complexity index is 599. The van der Waals surface area contributed by atoms with Gasteiger partial charge in [0.2, 0.25) is 0 Å². The molecule has 132 valence electrons. The molecule has 3 aliphatic carbocycles. The first-order valence-corrected chi connectivity index (χ1v) is 9.56. The van der Waals surface area contributed by atoms with E-state index in [1.807, 2.05) is 0 Å². The summed E-state index contributed by atoms with van der Waals surface area (Å²) in [5.74, 6) is 3.12. The molecule has 0 aromatic heterocycles. The molecule has 0 unspecified atom stereocenters. The fourth-order valence-corrected chi connectivity index (χ4v) is 5.86. The molecule has 0 aliphatic heterocycles. The minimum Gasteiger partial charge on any atom is -0.491 e. The van der Waals surface area contributed by atoms with Crippen LogP contribution < -0.4 is 4.74 Å². The summed E-state index contributed by atoms with van der Waals surface area (Å²) in [5.41, 5.74) is 3.20. The topological polar surface area (TPSA) is 38.7 Å². The lowest BCUT2D eigenvalue weighted by Crippen LogP contribution is -2.43. The lowest BCUT2D eigenvalue weighted by Gasteiger charge is -2.50. The Morgan fingerprint density at radius 1 is 1.17 bits per heavy atom. The van der Waals surface area contributed by atoms with Crippen molar-refractivity contribution in [2.75, 3.05) is 20.3 Å². The van der Waals surface area contributed by atoms with Crippen LogP contribution in [0.25, 0.3) is 0 Å². The minimum atomic E-state index is -0.0820. The highest BCUT2D eigenvalue weighted by molar-refractivity contribution is 5.40. The van der Waals surface area contributed by atoms with Crippen molar-refractivity contribution in [3.8, 4) is 5.75 Å². The predicted molar refractivity (Wildman–Crippen MR) is 94.4 cm³/mol. The van der Waals surface area contributed by atoms with Gasteiger partial charge in [-0.25, -0.2) is 0 Å². The van der Waals surface area contributed by atoms with Crippen LogP contribution in [0.5, 0.6) is 5.75 Å². The molecular weight excluding hydrogens is 300 g/mol. The quantitative estimate of drug-likeness (QED) is 0.850. The maximum atomic E-state index is 10.5. The maximum Gasteiger partial charge on any atom is 0.119 e. The second-order valence-corrected chi connectivity index (χ2v) is 8.26. The monoisotopic (exact) mass is 330 g/mol. The molecule has 3 aliphatic rings. The summed E-state index contributed by atoms with van der Waals surface area (Å²) in [6.07, 6.45) is 6.96. The van der Waals surface area contributed by atoms with Crippen molar-refractivity contribution in [2.45, 2.75) is 57.5 Å². The highest BCUT2D eigenvalue weighted by Gasteiger charge is 2.54. The van der Waals surface area contributed by atoms with E-state index in [9.17, 15) is 5.11 Å². The van der Waals surface area contributed by atoms with Crippen LogP contribution in [0.15, 0.2) is 18.2 Å². The molecule has 0 heterocycles. The molecule has 0 amide bonds. The average Bonchev–Trinajstić information content (AvgIpc) is 2.90. The number of methoxy groups -OCH3 is 1. The zero-order valence-electron chi connectivity index (χ0n) is 15.0. The summed E-state index contributed by atoms with van der Waals surface area (Å²) in [6.45, 7) is 3.58. The van der Waals surface area contributed by atoms with Gasteiger partial charge in [-0.05, 0) is 85.0 Å². The van der Waals surface area contributed by atoms with Gasteiger partial charge in [-0.2, -0.15) is 0 Å². The van der Waals surface area contributed by atoms with Crippen molar-refractivity contribution in [3.05, 3.63) is 29.3 Å². The Morgan fingerprint density at radius 2 is 2.04 bits per heavy atom. The molecule has 0 spiro atoms. The Morgan fingerprint density at radius 3 is 2.88 bits per heavy atom. The second-order valence-electron chi connectivity index (χ2n) is 8.26. The van der Waals surface area contributed by atoms with Crippen molar-refractivity contribution >= 4 is 0 Å². The number of hydrogen-bond acceptors (Lipinski definition) is 3. The van der Waals surface area contributed by atoms with Gasteiger partial charge in [0.1, 0.15) is 12.4 Å². The van der Waals surface area contributed by atoms with Crippen molar-refractivity contribution in [3.63, 3.8) is 0 Å². The second kappa shape index (κ2) is 6.34. The van der Waals surface area contributed by atoms with Gasteiger partial charge in [-0.1, -0.05) is 13.0 Å². The molecule has 0 radical (unpaired) electrons. The third-order valence-corrected chi connectivity index (χ3v) is 7.20. The van der Waals surface area contributed by atoms with Gasteiger partial charge < -0.3 is 14.6 Å². The Kier molecular flexibility index (Phi) is 4.34. The number of ether oxygens (including phenoxy) is 2. The van der Waals surface area contributed by atoms with E-state index in [4.69, 9.17) is 9.47 Å². The van der Waals surface area contributed by atoms with Crippen LogP contribution in [-0.4, -0.2) is 31.5 Å². The lowest BCUT2D eigenvalue weighted by atomic mass is 9.55. The van der Waals surface area contributed by atoms with Crippen LogP contribution in [0.3, 0.4) is 0 Å². The maximum absolute atomic E-state index is 10.5. The molecule has 1 aromatic carbocycles. The van der Waals surface area contributed by atoms with Gasteiger partial charge in [0.25, 0.3) is 0 Å². The number of rotatable bonds is 4. The van der Waals surface area contributed by atoms with E-state index in [1.165, 1.54) is 31.2 Å². The number of aliphatic hydroxyl groups is 1. The standard InChI is InChI=1S/C21H30O3/c1-21-10-9-17-16-6-4-15(24-12-11-23-2)13-14(16)3-5-18(17)19(21)7-8-20(21)22/h4,6,13,17-20,22H,3,5,7-12H2,1-2H3/t17-,18-,19+,20+,21+/m1/s1. The van der Waals surface area contributed by atoms with Gasteiger partial charge in [0, 0.05) is 7.11 Å². The summed E-state index contributed by atoms with van der Waals surface area (Å²) in [6, 6.07) is 6.69. The average molecular weight is 330 g/mol. The first kappa shape index (κ1) is 16.4. The molecule has 0 saturated heterocycles. The fourth-order valence-electron chi connectivity index (χ4n) is 5.86. The molecule has 3 nitrogen and oxygen atoms in total. The summed E-state index contributed by atoms with van der Waals surface area (Å²) in [7, 11) is 1.70. The van der Waals surface area contributed by atoms with E-state index >= 15 is 0 Å². The largest absolute Gasteiger partial charge is 0.491 e. The fraction of sp³-hybridized carbons (Fsp3) is 0.714. The highest BCUT2D eigenvalue weighted by atomic mass is 16.5. The number of aliphatic hydroxyl groups excluding tert-OH is 1. The molecule has 24 heavy (non-hydrogen) atoms. The van der Waals surface area contributed by atoms with Crippen molar-refractivity contribution in [1.29, 1.82) is 0 Å². The zero-order valence-corrected chi connectivity index (χ0v) is 15.0. The van der Waals surface area contributed by atoms with E-state index in [-0.39, 0.29) is 11.5 Å². The number of hydrogen-bond donors (Lipinski definition) is 1. The van der Waals surface area contributed by atoms with Crippen LogP contribution >= 0.6 is 0 Å². The lowest BCUT2D eigenvalue weighted by molar-refractivity contribution is -0.0226. The highest BCUT2D eigenvalue weighted by Crippen LogP contribution is 2.60. The summed E-state index contributed by atoms with van der Waals surface area (Å²) >= 11 is 0. The number of benzene rings is 1. The molecule has 4 rings (SSSR count). The van der Waals surface area contributed by atoms with Crippen LogP contribution in [0, 0.1) is 17.3 Å². The number of fused-ring (bicyclic) bond motifs is 5. The van der Waals surface area contributed by atoms with E-state index in [2.05, 4.69) is 25.1 Å². The molecule has 2 saturated carbocycles. The molecule has 5 atom stereocenters. The zero-order chi connectivity index (χ0) is 16.7. The first-order valence-electron chi connectivity index (χ1n) is 9.56. The van der Waals surface area contributed by atoms with E-state index in [0.29, 0.717) is 25.0 Å². The number of aryl methyl sites for hydroxylation is 1. The molecule has 1 N–H and O–H groups in total. The SMILES string of the molecule is COCCOc1ccc2c(c1)CC[C@@H]1[C@@H]2CC[C@]2(C)[C@@H](O)CC[C@@H]12. The first-order chi connectivity index (χ1) is 11.6. The van der Waals surface area contributed by atoms with Crippen molar-refractivity contribution in [2.24, 2.45) is 17.3 Å². The van der Waals surface area contributed by atoms with Gasteiger partial charge in [-0.15, -0.1) is 0 Å². The molecule has 2 fully saturated rings. The van der Waals surface area contributed by atoms with E-state index < -0.39 is 0 Å². The van der Waals surface area contributed by atoms with Crippen LogP contribution in [-0.2, 0) is 11.2 Å². The van der Waals surface area contributed by atoms with Gasteiger partial charge in [0.15, 0.2) is 0 Å². The van der Waals surface area contributed by atoms with E-state index in [0.717, 1.165) is 24.5 Å². The van der Waals surface area contributed by atoms with Gasteiger partial charge >= 0.3 is 0 Å². The molecular formula is C21H30O3. The third-order valence-electron chi connectivity index (χ3n) is 7.20. The van der Waals surface area contributed by atoms with Crippen molar-refractivity contribution in [1.82, 2.24) is 0 Å². The van der Waals surface area contributed by atoms with Crippen LogP contribution in [0.1, 0.15) is 56.1 Å². The minimum absolute atomic E-state index is 0.0820. The van der Waals surface area contributed by atoms with Crippen LogP contribution in [0.2, 0.25) is 0 Å². The summed E-state index contributed by atoms with van der Waals surface area (Å²) < 4.78 is 10.8. The van der Waals surface area contributed by atoms with Crippen LogP contribution in [0.4, 0.5) is 0 Å². The molecule has 0 bridgehead atoms. The normalized spacial score (nSPS) is 37.5. The van der Waals surface area contributed by atoms with Crippen molar-refractivity contribution < 1.29 is 14.6 Å². The van der Waals surface area contributed by atoms with Gasteiger partial charge in [0.05, 0.1) is 12.7 Å². The predicted octanol–water partition coefficient (Wildman–Crippen LogP) is 3.93. The summed E-state index contributed by atoms with van der Waals surface area (Å²) in [5, 5.41) is 10.5. The van der Waals surface area contributed by atoms with E-state index in [1.54, 1.807) is 12.7 Å². The smallest absolute Gasteiger partial charge is 0.119 e. The third kappa shape index (κ3) is 2.57. The summed E-state index contributed by atoms with van der Waals surface area (Å²) in [4.78, 5) is 0. The Balaban J connectivity index is 1.55. The Labute approximate surface area is 145 Å².